The predicted molar refractivity (Wildman–Crippen MR) is 77.4 cm³/mol. The lowest BCUT2D eigenvalue weighted by Crippen LogP contribution is -2.52. The molecule has 0 saturated carbocycles. The Hall–Kier alpha value is -1.60. The van der Waals surface area contributed by atoms with Crippen molar-refractivity contribution in [3.8, 4) is 0 Å². The van der Waals surface area contributed by atoms with Gasteiger partial charge < -0.3 is 19.6 Å². The van der Waals surface area contributed by atoms with Gasteiger partial charge in [-0.3, -0.25) is 4.79 Å². The van der Waals surface area contributed by atoms with Crippen molar-refractivity contribution in [2.45, 2.75) is 25.5 Å². The van der Waals surface area contributed by atoms with Crippen LogP contribution < -0.4 is 0 Å². The van der Waals surface area contributed by atoms with Crippen LogP contribution in [0.3, 0.4) is 0 Å². The normalized spacial score (nSPS) is 22.0. The first-order valence-corrected chi connectivity index (χ1v) is 7.94. The van der Waals surface area contributed by atoms with Gasteiger partial charge in [0, 0.05) is 31.1 Å². The van der Waals surface area contributed by atoms with Gasteiger partial charge in [0.2, 0.25) is 0 Å². The number of urea groups is 1. The second kappa shape index (κ2) is 6.03. The van der Waals surface area contributed by atoms with Crippen molar-refractivity contribution in [3.63, 3.8) is 0 Å². The number of amides is 2. The van der Waals surface area contributed by atoms with E-state index in [1.54, 1.807) is 16.2 Å². The second-order valence-electron chi connectivity index (χ2n) is 5.36. The molecule has 6 nitrogen and oxygen atoms in total. The van der Waals surface area contributed by atoms with Crippen LogP contribution in [0.5, 0.6) is 0 Å². The van der Waals surface area contributed by atoms with Crippen LogP contribution in [0.25, 0.3) is 0 Å². The highest BCUT2D eigenvalue weighted by Gasteiger charge is 2.30. The smallest absolute Gasteiger partial charge is 0.320 e. The van der Waals surface area contributed by atoms with Gasteiger partial charge >= 0.3 is 12.0 Å². The summed E-state index contributed by atoms with van der Waals surface area (Å²) in [7, 11) is 0. The van der Waals surface area contributed by atoms with E-state index in [1.165, 1.54) is 10.4 Å². The Labute approximate surface area is 126 Å². The number of morpholine rings is 1. The lowest BCUT2D eigenvalue weighted by Gasteiger charge is -2.37. The standard InChI is InChI=1S/C14H18N2O4S/c17-13(18)7-11-9-16(4-5-20-11)14(19)15-3-1-12-10(8-15)2-6-21-12/h2,6,11H,1,3-5,7-9H2,(H,17,18). The quantitative estimate of drug-likeness (QED) is 0.896. The van der Waals surface area contributed by atoms with Gasteiger partial charge in [0.1, 0.15) is 0 Å². The van der Waals surface area contributed by atoms with E-state index in [-0.39, 0.29) is 12.5 Å². The maximum absolute atomic E-state index is 12.6. The summed E-state index contributed by atoms with van der Waals surface area (Å²) in [5.41, 5.74) is 1.23. The van der Waals surface area contributed by atoms with E-state index in [9.17, 15) is 9.59 Å². The molecule has 1 N–H and O–H groups in total. The average molecular weight is 310 g/mol. The molecule has 0 spiro atoms. The van der Waals surface area contributed by atoms with E-state index in [4.69, 9.17) is 9.84 Å². The first kappa shape index (κ1) is 14.3. The molecule has 21 heavy (non-hydrogen) atoms. The number of carbonyl (C=O) groups excluding carboxylic acids is 1. The van der Waals surface area contributed by atoms with E-state index in [2.05, 4.69) is 11.4 Å². The predicted octanol–water partition coefficient (Wildman–Crippen LogP) is 1.40. The zero-order valence-corrected chi connectivity index (χ0v) is 12.5. The number of carboxylic acids is 1. The van der Waals surface area contributed by atoms with E-state index >= 15 is 0 Å². The number of rotatable bonds is 2. The van der Waals surface area contributed by atoms with Crippen LogP contribution >= 0.6 is 11.3 Å². The largest absolute Gasteiger partial charge is 0.481 e. The molecule has 1 unspecified atom stereocenters. The maximum atomic E-state index is 12.6. The average Bonchev–Trinajstić information content (AvgIpc) is 2.93. The molecule has 3 heterocycles. The summed E-state index contributed by atoms with van der Waals surface area (Å²) in [5.74, 6) is -0.893. The summed E-state index contributed by atoms with van der Waals surface area (Å²) in [6, 6.07) is 2.07. The summed E-state index contributed by atoms with van der Waals surface area (Å²) in [6.45, 7) is 2.67. The van der Waals surface area contributed by atoms with Crippen LogP contribution in [0.15, 0.2) is 11.4 Å². The number of thiophene rings is 1. The molecule has 0 aliphatic carbocycles. The highest BCUT2D eigenvalue weighted by Crippen LogP contribution is 2.25. The monoisotopic (exact) mass is 310 g/mol. The SMILES string of the molecule is O=C(O)CC1CN(C(=O)N2CCc3sccc3C2)CCO1. The molecule has 0 aromatic carbocycles. The molecule has 1 saturated heterocycles. The van der Waals surface area contributed by atoms with Crippen LogP contribution in [-0.2, 0) is 22.5 Å². The molecule has 2 amide bonds. The number of nitrogens with zero attached hydrogens (tertiary/aromatic N) is 2. The third kappa shape index (κ3) is 3.19. The van der Waals surface area contributed by atoms with Crippen molar-refractivity contribution < 1.29 is 19.4 Å². The Morgan fingerprint density at radius 2 is 2.24 bits per heavy atom. The fourth-order valence-corrected chi connectivity index (χ4v) is 3.71. The zero-order valence-electron chi connectivity index (χ0n) is 11.7. The number of hydrogen-bond acceptors (Lipinski definition) is 4. The van der Waals surface area contributed by atoms with Crippen LogP contribution in [0, 0.1) is 0 Å². The fourth-order valence-electron chi connectivity index (χ4n) is 2.82. The number of hydrogen-bond donors (Lipinski definition) is 1. The van der Waals surface area contributed by atoms with Crippen LogP contribution in [-0.4, -0.2) is 59.3 Å². The molecular formula is C14H18N2O4S. The van der Waals surface area contributed by atoms with Crippen molar-refractivity contribution in [1.82, 2.24) is 9.80 Å². The van der Waals surface area contributed by atoms with E-state index < -0.39 is 12.1 Å². The molecule has 7 heteroatoms. The van der Waals surface area contributed by atoms with Crippen LogP contribution in [0.1, 0.15) is 16.9 Å². The number of aliphatic carboxylic acids is 1. The number of carboxylic acid groups (broad SMARTS) is 1. The summed E-state index contributed by atoms with van der Waals surface area (Å²) < 4.78 is 5.41. The topological polar surface area (TPSA) is 70.1 Å². The Kier molecular flexibility index (Phi) is 4.12. The highest BCUT2D eigenvalue weighted by atomic mass is 32.1. The zero-order chi connectivity index (χ0) is 14.8. The Bertz CT molecular complexity index is 545. The van der Waals surface area contributed by atoms with E-state index in [0.717, 1.165) is 13.0 Å². The lowest BCUT2D eigenvalue weighted by atomic mass is 10.1. The third-order valence-corrected chi connectivity index (χ3v) is 4.91. The van der Waals surface area contributed by atoms with Crippen molar-refractivity contribution in [1.29, 1.82) is 0 Å². The van der Waals surface area contributed by atoms with E-state index in [0.29, 0.717) is 26.2 Å². The van der Waals surface area contributed by atoms with Gasteiger partial charge in [-0.05, 0) is 23.4 Å². The molecule has 2 aliphatic rings. The molecule has 0 radical (unpaired) electrons. The van der Waals surface area contributed by atoms with Gasteiger partial charge in [-0.15, -0.1) is 11.3 Å². The minimum Gasteiger partial charge on any atom is -0.481 e. The molecule has 1 aromatic rings. The maximum Gasteiger partial charge on any atom is 0.320 e. The number of carbonyl (C=O) groups is 2. The van der Waals surface area contributed by atoms with Crippen molar-refractivity contribution in [3.05, 3.63) is 21.9 Å². The lowest BCUT2D eigenvalue weighted by molar-refractivity contribution is -0.141. The number of fused-ring (bicyclic) bond motifs is 1. The molecule has 114 valence electrons. The Balaban J connectivity index is 1.61. The first-order valence-electron chi connectivity index (χ1n) is 7.06. The molecule has 0 bridgehead atoms. The summed E-state index contributed by atoms with van der Waals surface area (Å²) in [6.07, 6.45) is 0.446. The molecular weight excluding hydrogens is 292 g/mol. The van der Waals surface area contributed by atoms with Crippen LogP contribution in [0.2, 0.25) is 0 Å². The minimum atomic E-state index is -0.893. The summed E-state index contributed by atoms with van der Waals surface area (Å²) in [5, 5.41) is 10.9. The molecule has 1 fully saturated rings. The van der Waals surface area contributed by atoms with Gasteiger partial charge in [0.15, 0.2) is 0 Å². The third-order valence-electron chi connectivity index (χ3n) is 3.89. The summed E-state index contributed by atoms with van der Waals surface area (Å²) >= 11 is 1.75. The Morgan fingerprint density at radius 3 is 3.05 bits per heavy atom. The van der Waals surface area contributed by atoms with Gasteiger partial charge in [0.25, 0.3) is 0 Å². The molecule has 2 aliphatic heterocycles. The van der Waals surface area contributed by atoms with Crippen molar-refractivity contribution >= 4 is 23.3 Å². The minimum absolute atomic E-state index is 0.00876. The van der Waals surface area contributed by atoms with Gasteiger partial charge in [-0.2, -0.15) is 0 Å². The Morgan fingerprint density at radius 1 is 1.38 bits per heavy atom. The van der Waals surface area contributed by atoms with E-state index in [1.807, 2.05) is 4.90 Å². The van der Waals surface area contributed by atoms with Gasteiger partial charge in [-0.1, -0.05) is 0 Å². The van der Waals surface area contributed by atoms with Crippen LogP contribution in [0.4, 0.5) is 4.79 Å². The van der Waals surface area contributed by atoms with Crippen molar-refractivity contribution in [2.24, 2.45) is 0 Å². The fraction of sp³-hybridized carbons (Fsp3) is 0.571. The van der Waals surface area contributed by atoms with Gasteiger partial charge in [0.05, 0.1) is 19.1 Å². The summed E-state index contributed by atoms with van der Waals surface area (Å²) in [4.78, 5) is 28.3. The van der Waals surface area contributed by atoms with Gasteiger partial charge in [-0.25, -0.2) is 4.79 Å². The number of ether oxygens (including phenoxy) is 1. The van der Waals surface area contributed by atoms with Crippen molar-refractivity contribution in [2.75, 3.05) is 26.2 Å². The second-order valence-corrected chi connectivity index (χ2v) is 6.36. The first-order chi connectivity index (χ1) is 10.1. The molecule has 3 rings (SSSR count). The molecule has 1 aromatic heterocycles. The highest BCUT2D eigenvalue weighted by molar-refractivity contribution is 7.10. The molecule has 1 atom stereocenters.